The second-order valence-electron chi connectivity index (χ2n) is 5.99. The Balaban J connectivity index is 0.00000225. The van der Waals surface area contributed by atoms with E-state index in [1.807, 2.05) is 13.8 Å². The molecule has 1 heterocycles. The zero-order chi connectivity index (χ0) is 17.5. The molecule has 1 aliphatic rings. The first-order valence-electron chi connectivity index (χ1n) is 7.93. The third-order valence-corrected chi connectivity index (χ3v) is 5.78. The van der Waals surface area contributed by atoms with Crippen LogP contribution in [0.1, 0.15) is 24.2 Å². The molecule has 0 fully saturated rings. The lowest BCUT2D eigenvalue weighted by molar-refractivity contribution is 0.0999. The third-order valence-electron chi connectivity index (χ3n) is 4.30. The Kier molecular flexibility index (Phi) is 5.73. The Morgan fingerprint density at radius 1 is 1.20 bits per heavy atom. The summed E-state index contributed by atoms with van der Waals surface area (Å²) in [5, 5.41) is 4.45. The highest BCUT2D eigenvalue weighted by Crippen LogP contribution is 2.39. The molecule has 2 N–H and O–H groups in total. The van der Waals surface area contributed by atoms with Crippen LogP contribution < -0.4 is 14.9 Å². The monoisotopic (exact) mass is 383 g/mol. The summed E-state index contributed by atoms with van der Waals surface area (Å²) in [5.74, 6) is -0.112. The van der Waals surface area contributed by atoms with Crippen LogP contribution in [-0.4, -0.2) is 40.5 Å². The van der Waals surface area contributed by atoms with Gasteiger partial charge in [-0.25, -0.2) is 13.1 Å². The number of benzene rings is 2. The minimum atomic E-state index is -3.66. The van der Waals surface area contributed by atoms with E-state index in [0.717, 1.165) is 12.2 Å². The van der Waals surface area contributed by atoms with Crippen molar-refractivity contribution in [1.82, 2.24) is 10.0 Å². The maximum absolute atomic E-state index is 12.7. The molecule has 1 aliphatic heterocycles. The summed E-state index contributed by atoms with van der Waals surface area (Å²) in [6, 6.07) is 8.50. The number of hydrogen-bond donors (Lipinski definition) is 2. The minimum Gasteiger partial charge on any atom is -0.313 e. The van der Waals surface area contributed by atoms with E-state index in [2.05, 4.69) is 10.0 Å². The van der Waals surface area contributed by atoms with Gasteiger partial charge in [0, 0.05) is 36.0 Å². The van der Waals surface area contributed by atoms with Crippen LogP contribution in [0.2, 0.25) is 0 Å². The van der Waals surface area contributed by atoms with Gasteiger partial charge in [0.15, 0.2) is 0 Å². The Hall–Kier alpha value is -1.67. The van der Waals surface area contributed by atoms with E-state index in [1.54, 1.807) is 42.3 Å². The molecule has 3 rings (SSSR count). The molecule has 6 nitrogen and oxygen atoms in total. The maximum Gasteiger partial charge on any atom is 0.258 e. The van der Waals surface area contributed by atoms with Crippen LogP contribution >= 0.6 is 12.4 Å². The summed E-state index contributed by atoms with van der Waals surface area (Å²) in [6.07, 6.45) is 0. The van der Waals surface area contributed by atoms with Crippen molar-refractivity contribution in [3.8, 4) is 0 Å². The number of hydrogen-bond acceptors (Lipinski definition) is 4. The second-order valence-corrected chi connectivity index (χ2v) is 7.72. The smallest absolute Gasteiger partial charge is 0.258 e. The normalized spacial score (nSPS) is 14.7. The number of sulfonamides is 1. The van der Waals surface area contributed by atoms with Gasteiger partial charge in [-0.2, -0.15) is 0 Å². The highest BCUT2D eigenvalue weighted by Gasteiger charge is 2.29. The molecule has 25 heavy (non-hydrogen) atoms. The van der Waals surface area contributed by atoms with Gasteiger partial charge in [-0.05, 0) is 31.7 Å². The van der Waals surface area contributed by atoms with E-state index >= 15 is 0 Å². The standard InChI is InChI=1S/C17H21N3O3S.ClH/c1-4-18-11(2)10-19-24(22,23)15-9-8-14-16-12(15)6-5-7-13(16)17(21)20(14)3;/h5-9,11,18-19H,4,10H2,1-3H3;1H/t11-;/m1./s1. The molecule has 0 aliphatic carbocycles. The lowest BCUT2D eigenvalue weighted by Crippen LogP contribution is -2.38. The van der Waals surface area contributed by atoms with Crippen molar-refractivity contribution in [3.05, 3.63) is 35.9 Å². The first kappa shape index (κ1) is 19.7. The van der Waals surface area contributed by atoms with E-state index in [9.17, 15) is 13.2 Å². The molecular weight excluding hydrogens is 362 g/mol. The van der Waals surface area contributed by atoms with Crippen LogP contribution in [0, 0.1) is 0 Å². The molecular formula is C17H22ClN3O3S. The number of rotatable bonds is 6. The largest absolute Gasteiger partial charge is 0.313 e. The number of amides is 1. The van der Waals surface area contributed by atoms with Crippen molar-refractivity contribution >= 4 is 44.8 Å². The van der Waals surface area contributed by atoms with E-state index in [1.165, 1.54) is 0 Å². The number of nitrogens with zero attached hydrogens (tertiary/aromatic N) is 1. The lowest BCUT2D eigenvalue weighted by atomic mass is 10.1. The first-order valence-corrected chi connectivity index (χ1v) is 9.42. The number of carbonyl (C=O) groups is 1. The number of anilines is 1. The SMILES string of the molecule is CCN[C@H](C)CNS(=O)(=O)c1ccc2c3c(cccc13)C(=O)N2C.Cl. The van der Waals surface area contributed by atoms with Crippen molar-refractivity contribution < 1.29 is 13.2 Å². The lowest BCUT2D eigenvalue weighted by Gasteiger charge is -2.15. The van der Waals surface area contributed by atoms with Gasteiger partial charge in [-0.1, -0.05) is 19.1 Å². The molecule has 2 aromatic carbocycles. The van der Waals surface area contributed by atoms with Gasteiger partial charge >= 0.3 is 0 Å². The van der Waals surface area contributed by atoms with Crippen LogP contribution in [0.3, 0.4) is 0 Å². The molecule has 8 heteroatoms. The topological polar surface area (TPSA) is 78.5 Å². The van der Waals surface area contributed by atoms with Gasteiger partial charge in [0.05, 0.1) is 10.6 Å². The van der Waals surface area contributed by atoms with E-state index in [-0.39, 0.29) is 29.3 Å². The third kappa shape index (κ3) is 3.37. The van der Waals surface area contributed by atoms with E-state index in [0.29, 0.717) is 22.9 Å². The quantitative estimate of drug-likeness (QED) is 0.801. The Labute approximate surface area is 154 Å². The first-order chi connectivity index (χ1) is 11.4. The molecule has 0 radical (unpaired) electrons. The second kappa shape index (κ2) is 7.29. The summed E-state index contributed by atoms with van der Waals surface area (Å²) in [5.41, 5.74) is 1.29. The van der Waals surface area contributed by atoms with Crippen LogP contribution in [0.25, 0.3) is 10.8 Å². The van der Waals surface area contributed by atoms with Gasteiger partial charge in [0.1, 0.15) is 0 Å². The molecule has 0 bridgehead atoms. The number of likely N-dealkylation sites (N-methyl/N-ethyl adjacent to an activating group) is 1. The molecule has 0 aromatic heterocycles. The Bertz CT molecular complexity index is 915. The van der Waals surface area contributed by atoms with Crippen molar-refractivity contribution in [2.24, 2.45) is 0 Å². The highest BCUT2D eigenvalue weighted by molar-refractivity contribution is 7.89. The molecule has 136 valence electrons. The van der Waals surface area contributed by atoms with Crippen molar-refractivity contribution in [3.63, 3.8) is 0 Å². The van der Waals surface area contributed by atoms with Crippen LogP contribution in [0.5, 0.6) is 0 Å². The average Bonchev–Trinajstić information content (AvgIpc) is 2.81. The summed E-state index contributed by atoms with van der Waals surface area (Å²) in [6.45, 7) is 4.98. The number of nitrogens with one attached hydrogen (secondary N) is 2. The number of carbonyl (C=O) groups excluding carboxylic acids is 1. The van der Waals surface area contributed by atoms with E-state index < -0.39 is 10.0 Å². The fourth-order valence-corrected chi connectivity index (χ4v) is 4.41. The van der Waals surface area contributed by atoms with Crippen molar-refractivity contribution in [2.45, 2.75) is 24.8 Å². The Morgan fingerprint density at radius 2 is 1.92 bits per heavy atom. The number of halogens is 1. The molecule has 0 unspecified atom stereocenters. The molecule has 2 aromatic rings. The molecule has 0 saturated heterocycles. The maximum atomic E-state index is 12.7. The molecule has 1 amide bonds. The summed E-state index contributed by atoms with van der Waals surface area (Å²) in [7, 11) is -1.96. The summed E-state index contributed by atoms with van der Waals surface area (Å²) in [4.78, 5) is 14.0. The predicted octanol–water partition coefficient (Wildman–Crippen LogP) is 2.13. The van der Waals surface area contributed by atoms with Crippen LogP contribution in [-0.2, 0) is 10.0 Å². The predicted molar refractivity (Wildman–Crippen MR) is 102 cm³/mol. The minimum absolute atomic E-state index is 0. The molecule has 0 spiro atoms. The van der Waals surface area contributed by atoms with Crippen LogP contribution in [0.4, 0.5) is 5.69 Å². The van der Waals surface area contributed by atoms with Gasteiger partial charge in [-0.15, -0.1) is 12.4 Å². The van der Waals surface area contributed by atoms with Crippen molar-refractivity contribution in [2.75, 3.05) is 25.0 Å². The van der Waals surface area contributed by atoms with Gasteiger partial charge in [0.2, 0.25) is 10.0 Å². The van der Waals surface area contributed by atoms with Gasteiger partial charge in [0.25, 0.3) is 5.91 Å². The fraction of sp³-hybridized carbons (Fsp3) is 0.353. The Morgan fingerprint density at radius 3 is 2.60 bits per heavy atom. The highest BCUT2D eigenvalue weighted by atomic mass is 35.5. The van der Waals surface area contributed by atoms with Crippen molar-refractivity contribution in [1.29, 1.82) is 0 Å². The van der Waals surface area contributed by atoms with Crippen LogP contribution in [0.15, 0.2) is 35.2 Å². The molecule has 1 atom stereocenters. The summed E-state index contributed by atoms with van der Waals surface area (Å²) >= 11 is 0. The molecule has 0 saturated carbocycles. The summed E-state index contributed by atoms with van der Waals surface area (Å²) < 4.78 is 28.1. The zero-order valence-electron chi connectivity index (χ0n) is 14.4. The van der Waals surface area contributed by atoms with E-state index in [4.69, 9.17) is 0 Å². The zero-order valence-corrected chi connectivity index (χ0v) is 16.0. The van der Waals surface area contributed by atoms with Gasteiger partial charge in [-0.3, -0.25) is 4.79 Å². The fourth-order valence-electron chi connectivity index (χ4n) is 3.08. The van der Waals surface area contributed by atoms with Gasteiger partial charge < -0.3 is 10.2 Å². The average molecular weight is 384 g/mol.